The lowest BCUT2D eigenvalue weighted by molar-refractivity contribution is 0.323. The standard InChI is InChI=1S/C13H18N4/c1-10-2-3-13-15-12(9-17(13)6-10)8-16-5-4-11(14)7-16/h2-3,6,9,11H,4-5,7-8,14H2,1H3/t11-/m1/s1. The van der Waals surface area contributed by atoms with Crippen molar-refractivity contribution in [3.05, 3.63) is 35.8 Å². The maximum atomic E-state index is 5.91. The van der Waals surface area contributed by atoms with Crippen molar-refractivity contribution in [3.63, 3.8) is 0 Å². The Bertz CT molecular complexity index is 531. The van der Waals surface area contributed by atoms with Crippen molar-refractivity contribution in [2.45, 2.75) is 25.9 Å². The number of hydrogen-bond acceptors (Lipinski definition) is 3. The average Bonchev–Trinajstić information content (AvgIpc) is 2.84. The third-order valence-electron chi connectivity index (χ3n) is 3.34. The fourth-order valence-corrected chi connectivity index (χ4v) is 2.47. The van der Waals surface area contributed by atoms with Gasteiger partial charge in [0.05, 0.1) is 5.69 Å². The van der Waals surface area contributed by atoms with Crippen molar-refractivity contribution >= 4 is 5.65 Å². The molecule has 3 heterocycles. The minimum Gasteiger partial charge on any atom is -0.326 e. The van der Waals surface area contributed by atoms with E-state index in [1.165, 1.54) is 5.56 Å². The van der Waals surface area contributed by atoms with Crippen molar-refractivity contribution in [3.8, 4) is 0 Å². The second-order valence-corrected chi connectivity index (χ2v) is 4.99. The third kappa shape index (κ3) is 2.18. The van der Waals surface area contributed by atoms with E-state index in [1.807, 2.05) is 0 Å². The smallest absolute Gasteiger partial charge is 0.137 e. The minimum atomic E-state index is 0.342. The van der Waals surface area contributed by atoms with Crippen LogP contribution in [0.3, 0.4) is 0 Å². The molecule has 1 fully saturated rings. The molecule has 2 aromatic rings. The first kappa shape index (κ1) is 10.7. The fraction of sp³-hybridized carbons (Fsp3) is 0.462. The topological polar surface area (TPSA) is 46.6 Å². The van der Waals surface area contributed by atoms with Gasteiger partial charge in [0.2, 0.25) is 0 Å². The first-order chi connectivity index (χ1) is 8.20. The van der Waals surface area contributed by atoms with E-state index < -0.39 is 0 Å². The van der Waals surface area contributed by atoms with Gasteiger partial charge in [0.25, 0.3) is 0 Å². The molecule has 0 bridgehead atoms. The summed E-state index contributed by atoms with van der Waals surface area (Å²) in [4.78, 5) is 7.00. The normalized spacial score (nSPS) is 21.4. The number of aromatic nitrogens is 2. The highest BCUT2D eigenvalue weighted by atomic mass is 15.2. The molecular weight excluding hydrogens is 212 g/mol. The zero-order chi connectivity index (χ0) is 11.8. The van der Waals surface area contributed by atoms with Gasteiger partial charge in [-0.15, -0.1) is 0 Å². The highest BCUT2D eigenvalue weighted by Gasteiger charge is 2.19. The maximum Gasteiger partial charge on any atom is 0.137 e. The second-order valence-electron chi connectivity index (χ2n) is 4.99. The minimum absolute atomic E-state index is 0.342. The molecule has 90 valence electrons. The van der Waals surface area contributed by atoms with Crippen LogP contribution in [0, 0.1) is 6.92 Å². The Morgan fingerprint density at radius 2 is 2.29 bits per heavy atom. The van der Waals surface area contributed by atoms with Gasteiger partial charge in [-0.3, -0.25) is 4.90 Å². The molecule has 3 rings (SSSR count). The second kappa shape index (κ2) is 4.13. The van der Waals surface area contributed by atoms with Crippen LogP contribution in [0.5, 0.6) is 0 Å². The Labute approximate surface area is 101 Å². The zero-order valence-electron chi connectivity index (χ0n) is 10.1. The van der Waals surface area contributed by atoms with Gasteiger partial charge >= 0.3 is 0 Å². The van der Waals surface area contributed by atoms with Crippen LogP contribution in [-0.2, 0) is 6.54 Å². The molecule has 2 N–H and O–H groups in total. The van der Waals surface area contributed by atoms with Gasteiger partial charge in [-0.2, -0.15) is 0 Å². The number of imidazole rings is 1. The van der Waals surface area contributed by atoms with Gasteiger partial charge in [0.15, 0.2) is 0 Å². The summed E-state index contributed by atoms with van der Waals surface area (Å²) in [5.41, 5.74) is 9.31. The number of nitrogens with two attached hydrogens (primary N) is 1. The van der Waals surface area contributed by atoms with Gasteiger partial charge in [-0.25, -0.2) is 4.98 Å². The van der Waals surface area contributed by atoms with E-state index in [4.69, 9.17) is 5.73 Å². The molecular formula is C13H18N4. The van der Waals surface area contributed by atoms with E-state index in [-0.39, 0.29) is 0 Å². The Hall–Kier alpha value is -1.39. The van der Waals surface area contributed by atoms with Gasteiger partial charge in [-0.05, 0) is 25.0 Å². The Kier molecular flexibility index (Phi) is 2.61. The van der Waals surface area contributed by atoms with Crippen molar-refractivity contribution in [1.82, 2.24) is 14.3 Å². The van der Waals surface area contributed by atoms with Gasteiger partial charge < -0.3 is 10.1 Å². The molecule has 17 heavy (non-hydrogen) atoms. The fourth-order valence-electron chi connectivity index (χ4n) is 2.47. The molecule has 0 aromatic carbocycles. The molecule has 0 unspecified atom stereocenters. The molecule has 0 amide bonds. The molecule has 0 aliphatic carbocycles. The molecule has 1 aliphatic rings. The van der Waals surface area contributed by atoms with Gasteiger partial charge in [0.1, 0.15) is 5.65 Å². The summed E-state index contributed by atoms with van der Waals surface area (Å²) in [7, 11) is 0. The quantitative estimate of drug-likeness (QED) is 0.842. The maximum absolute atomic E-state index is 5.91. The molecule has 1 aliphatic heterocycles. The SMILES string of the molecule is Cc1ccc2nc(CN3CC[C@@H](N)C3)cn2c1. The lowest BCUT2D eigenvalue weighted by Gasteiger charge is -2.12. The predicted octanol–water partition coefficient (Wildman–Crippen LogP) is 1.18. The van der Waals surface area contributed by atoms with Crippen LogP contribution in [0.2, 0.25) is 0 Å². The van der Waals surface area contributed by atoms with E-state index in [1.54, 1.807) is 0 Å². The summed E-state index contributed by atoms with van der Waals surface area (Å²) >= 11 is 0. The van der Waals surface area contributed by atoms with E-state index in [2.05, 4.69) is 45.7 Å². The molecule has 4 nitrogen and oxygen atoms in total. The predicted molar refractivity (Wildman–Crippen MR) is 67.8 cm³/mol. The van der Waals surface area contributed by atoms with Crippen LogP contribution >= 0.6 is 0 Å². The number of hydrogen-bond donors (Lipinski definition) is 1. The summed E-state index contributed by atoms with van der Waals surface area (Å²) in [6.07, 6.45) is 5.33. The van der Waals surface area contributed by atoms with Crippen molar-refractivity contribution in [2.24, 2.45) is 5.73 Å². The molecule has 0 spiro atoms. The largest absolute Gasteiger partial charge is 0.326 e. The zero-order valence-corrected chi connectivity index (χ0v) is 10.1. The molecule has 4 heteroatoms. The van der Waals surface area contributed by atoms with Crippen molar-refractivity contribution in [2.75, 3.05) is 13.1 Å². The summed E-state index contributed by atoms with van der Waals surface area (Å²) in [6.45, 7) is 5.09. The highest BCUT2D eigenvalue weighted by Crippen LogP contribution is 2.13. The molecule has 0 saturated carbocycles. The average molecular weight is 230 g/mol. The van der Waals surface area contributed by atoms with Crippen LogP contribution in [-0.4, -0.2) is 33.4 Å². The summed E-state index contributed by atoms with van der Waals surface area (Å²) < 4.78 is 2.10. The molecule has 1 atom stereocenters. The summed E-state index contributed by atoms with van der Waals surface area (Å²) in [6, 6.07) is 4.50. The van der Waals surface area contributed by atoms with Crippen LogP contribution in [0.1, 0.15) is 17.7 Å². The van der Waals surface area contributed by atoms with Crippen LogP contribution < -0.4 is 5.73 Å². The van der Waals surface area contributed by atoms with Crippen LogP contribution in [0.15, 0.2) is 24.5 Å². The number of likely N-dealkylation sites (tertiary alicyclic amines) is 1. The Balaban J connectivity index is 1.81. The third-order valence-corrected chi connectivity index (χ3v) is 3.34. The number of pyridine rings is 1. The van der Waals surface area contributed by atoms with Crippen molar-refractivity contribution in [1.29, 1.82) is 0 Å². The Morgan fingerprint density at radius 1 is 1.41 bits per heavy atom. The molecule has 0 radical (unpaired) electrons. The number of fused-ring (bicyclic) bond motifs is 1. The van der Waals surface area contributed by atoms with Crippen molar-refractivity contribution < 1.29 is 0 Å². The first-order valence-electron chi connectivity index (χ1n) is 6.13. The highest BCUT2D eigenvalue weighted by molar-refractivity contribution is 5.41. The van der Waals surface area contributed by atoms with Crippen LogP contribution in [0.4, 0.5) is 0 Å². The summed E-state index contributed by atoms with van der Waals surface area (Å²) in [5, 5.41) is 0. The van der Waals surface area contributed by atoms with E-state index in [9.17, 15) is 0 Å². The first-order valence-corrected chi connectivity index (χ1v) is 6.13. The number of rotatable bonds is 2. The number of nitrogens with zero attached hydrogens (tertiary/aromatic N) is 3. The molecule has 2 aromatic heterocycles. The van der Waals surface area contributed by atoms with Gasteiger partial charge in [-0.1, -0.05) is 6.07 Å². The van der Waals surface area contributed by atoms with E-state index in [0.717, 1.165) is 37.4 Å². The van der Waals surface area contributed by atoms with Gasteiger partial charge in [0, 0.05) is 38.1 Å². The monoisotopic (exact) mass is 230 g/mol. The molecule has 1 saturated heterocycles. The lowest BCUT2D eigenvalue weighted by Crippen LogP contribution is -2.26. The van der Waals surface area contributed by atoms with E-state index >= 15 is 0 Å². The van der Waals surface area contributed by atoms with Crippen LogP contribution in [0.25, 0.3) is 5.65 Å². The number of aryl methyl sites for hydroxylation is 1. The van der Waals surface area contributed by atoms with E-state index in [0.29, 0.717) is 6.04 Å². The lowest BCUT2D eigenvalue weighted by atomic mass is 10.3. The summed E-state index contributed by atoms with van der Waals surface area (Å²) in [5.74, 6) is 0. The Morgan fingerprint density at radius 3 is 3.06 bits per heavy atom.